The van der Waals surface area contributed by atoms with Crippen molar-refractivity contribution >= 4 is 58.1 Å². The van der Waals surface area contributed by atoms with Crippen molar-refractivity contribution in [2.24, 2.45) is 0 Å². The molecule has 0 unspecified atom stereocenters. The molecule has 1 aromatic heterocycles. The average molecular weight is 419 g/mol. The second-order valence-electron chi connectivity index (χ2n) is 5.51. The van der Waals surface area contributed by atoms with Crippen molar-refractivity contribution in [3.8, 4) is 11.1 Å². The quantitative estimate of drug-likeness (QED) is 0.447. The number of thiophene rings is 1. The molecule has 0 atom stereocenters. The molecule has 8 heteroatoms. The number of carbonyl (C=O) groups is 2. The van der Waals surface area contributed by atoms with Gasteiger partial charge in [-0.2, -0.15) is 0 Å². The number of benzene rings is 2. The van der Waals surface area contributed by atoms with Gasteiger partial charge in [-0.3, -0.25) is 4.79 Å². The molecule has 0 saturated carbocycles. The molecule has 1 heterocycles. The maximum atomic E-state index is 12.7. The molecule has 0 fully saturated rings. The van der Waals surface area contributed by atoms with Crippen LogP contribution in [0.4, 0.5) is 11.4 Å². The Labute approximate surface area is 169 Å². The van der Waals surface area contributed by atoms with Gasteiger partial charge in [0.05, 0.1) is 4.88 Å². The van der Waals surface area contributed by atoms with Gasteiger partial charge in [0.25, 0.3) is 5.91 Å². The van der Waals surface area contributed by atoms with E-state index in [0.717, 1.165) is 22.6 Å². The molecule has 138 valence electrons. The topological polar surface area (TPSA) is 78.4 Å². The van der Waals surface area contributed by atoms with Crippen LogP contribution >= 0.6 is 34.9 Å². The highest BCUT2D eigenvalue weighted by atomic mass is 35.5. The first-order chi connectivity index (χ1) is 13.0. The second kappa shape index (κ2) is 8.47. The van der Waals surface area contributed by atoms with Gasteiger partial charge in [0.2, 0.25) is 0 Å². The number of nitrogens with one attached hydrogen (secondary N) is 2. The monoisotopic (exact) mass is 418 g/mol. The molecule has 2 aromatic carbocycles. The van der Waals surface area contributed by atoms with Gasteiger partial charge in [-0.25, -0.2) is 4.79 Å². The minimum atomic E-state index is -1.06. The van der Waals surface area contributed by atoms with Gasteiger partial charge in [-0.15, -0.1) is 11.3 Å². The first-order valence-corrected chi connectivity index (χ1v) is 10.2. The highest BCUT2D eigenvalue weighted by Gasteiger charge is 2.20. The zero-order chi connectivity index (χ0) is 19.4. The molecule has 0 spiro atoms. The molecular formula is C19H15ClN2O3S2. The summed E-state index contributed by atoms with van der Waals surface area (Å²) in [6, 6.07) is 15.9. The van der Waals surface area contributed by atoms with E-state index in [1.165, 1.54) is 11.9 Å². The summed E-state index contributed by atoms with van der Waals surface area (Å²) in [7, 11) is 0. The molecule has 0 aliphatic carbocycles. The number of anilines is 2. The number of aromatic carboxylic acids is 1. The zero-order valence-corrected chi connectivity index (χ0v) is 16.5. The van der Waals surface area contributed by atoms with Gasteiger partial charge < -0.3 is 15.1 Å². The molecule has 0 saturated heterocycles. The molecule has 3 aromatic rings. The molecule has 27 heavy (non-hydrogen) atoms. The number of hydrogen-bond donors (Lipinski definition) is 3. The summed E-state index contributed by atoms with van der Waals surface area (Å²) in [6.07, 6.45) is 1.88. The van der Waals surface area contributed by atoms with Crippen molar-refractivity contribution in [3.63, 3.8) is 0 Å². The first-order valence-electron chi connectivity index (χ1n) is 7.81. The minimum absolute atomic E-state index is 0.127. The minimum Gasteiger partial charge on any atom is -0.477 e. The zero-order valence-electron chi connectivity index (χ0n) is 14.2. The lowest BCUT2D eigenvalue weighted by atomic mass is 10.1. The van der Waals surface area contributed by atoms with Gasteiger partial charge >= 0.3 is 5.97 Å². The number of carboxylic acid groups (broad SMARTS) is 1. The Morgan fingerprint density at radius 1 is 1.07 bits per heavy atom. The van der Waals surface area contributed by atoms with Gasteiger partial charge in [0.1, 0.15) is 4.88 Å². The summed E-state index contributed by atoms with van der Waals surface area (Å²) < 4.78 is 3.06. The fourth-order valence-corrected chi connectivity index (χ4v) is 4.03. The highest BCUT2D eigenvalue weighted by Crippen LogP contribution is 2.32. The number of amides is 1. The Balaban J connectivity index is 1.91. The summed E-state index contributed by atoms with van der Waals surface area (Å²) in [6.45, 7) is 0. The number of rotatable bonds is 6. The normalized spacial score (nSPS) is 10.4. The predicted molar refractivity (Wildman–Crippen MR) is 113 cm³/mol. The Morgan fingerprint density at radius 3 is 2.44 bits per heavy atom. The molecule has 0 aliphatic rings. The highest BCUT2D eigenvalue weighted by molar-refractivity contribution is 7.99. The van der Waals surface area contributed by atoms with Crippen LogP contribution in [0, 0.1) is 0 Å². The SMILES string of the molecule is CSNc1cc(Cl)cc(NC(=O)c2cc(-c3ccccc3)c(C(=O)O)s2)c1. The van der Waals surface area contributed by atoms with Crippen molar-refractivity contribution in [2.75, 3.05) is 16.3 Å². The van der Waals surface area contributed by atoms with Gasteiger partial charge in [-0.05, 0) is 29.8 Å². The lowest BCUT2D eigenvalue weighted by Crippen LogP contribution is -2.10. The van der Waals surface area contributed by atoms with Crippen LogP contribution in [0.1, 0.15) is 19.3 Å². The van der Waals surface area contributed by atoms with E-state index in [1.807, 2.05) is 36.6 Å². The van der Waals surface area contributed by atoms with E-state index in [2.05, 4.69) is 10.0 Å². The van der Waals surface area contributed by atoms with Crippen LogP contribution in [-0.4, -0.2) is 23.2 Å². The summed E-state index contributed by atoms with van der Waals surface area (Å²) >= 11 is 8.44. The molecule has 3 rings (SSSR count). The number of carbonyl (C=O) groups excluding carboxylic acids is 1. The number of carboxylic acids is 1. The van der Waals surface area contributed by atoms with Crippen LogP contribution in [0.15, 0.2) is 54.6 Å². The largest absolute Gasteiger partial charge is 0.477 e. The summed E-state index contributed by atoms with van der Waals surface area (Å²) in [4.78, 5) is 24.7. The first kappa shape index (κ1) is 19.3. The molecule has 0 radical (unpaired) electrons. The van der Waals surface area contributed by atoms with Crippen molar-refractivity contribution < 1.29 is 14.7 Å². The molecule has 0 aliphatic heterocycles. The maximum Gasteiger partial charge on any atom is 0.346 e. The van der Waals surface area contributed by atoms with Crippen molar-refractivity contribution in [3.05, 3.63) is 69.4 Å². The molecule has 3 N–H and O–H groups in total. The van der Waals surface area contributed by atoms with Crippen LogP contribution in [0.3, 0.4) is 0 Å². The van der Waals surface area contributed by atoms with Crippen LogP contribution in [0.2, 0.25) is 5.02 Å². The Bertz CT molecular complexity index is 990. The van der Waals surface area contributed by atoms with E-state index >= 15 is 0 Å². The average Bonchev–Trinajstić information content (AvgIpc) is 3.08. The van der Waals surface area contributed by atoms with Gasteiger partial charge in [0.15, 0.2) is 0 Å². The van der Waals surface area contributed by atoms with Crippen LogP contribution in [-0.2, 0) is 0 Å². The summed E-state index contributed by atoms with van der Waals surface area (Å²) in [5, 5.41) is 12.7. The van der Waals surface area contributed by atoms with Crippen molar-refractivity contribution in [1.29, 1.82) is 0 Å². The fraction of sp³-hybridized carbons (Fsp3) is 0.0526. The van der Waals surface area contributed by atoms with Gasteiger partial charge in [-0.1, -0.05) is 53.9 Å². The Morgan fingerprint density at radius 2 is 1.78 bits per heavy atom. The summed E-state index contributed by atoms with van der Waals surface area (Å²) in [5.41, 5.74) is 2.55. The molecule has 1 amide bonds. The van der Waals surface area contributed by atoms with Crippen LogP contribution in [0.25, 0.3) is 11.1 Å². The lowest BCUT2D eigenvalue weighted by Gasteiger charge is -2.08. The smallest absolute Gasteiger partial charge is 0.346 e. The third kappa shape index (κ3) is 4.63. The van der Waals surface area contributed by atoms with E-state index in [-0.39, 0.29) is 10.8 Å². The fourth-order valence-electron chi connectivity index (χ4n) is 2.53. The maximum absolute atomic E-state index is 12.7. The van der Waals surface area contributed by atoms with E-state index in [0.29, 0.717) is 21.2 Å². The predicted octanol–water partition coefficient (Wildman–Crippen LogP) is 5.71. The molecule has 5 nitrogen and oxygen atoms in total. The van der Waals surface area contributed by atoms with Crippen molar-refractivity contribution in [1.82, 2.24) is 0 Å². The third-order valence-corrected chi connectivity index (χ3v) is 5.39. The third-order valence-electron chi connectivity index (χ3n) is 3.61. The molecular weight excluding hydrogens is 404 g/mol. The Kier molecular flexibility index (Phi) is 6.05. The van der Waals surface area contributed by atoms with Crippen molar-refractivity contribution in [2.45, 2.75) is 0 Å². The van der Waals surface area contributed by atoms with E-state index in [1.54, 1.807) is 24.3 Å². The molecule has 0 bridgehead atoms. The second-order valence-corrected chi connectivity index (χ2v) is 7.61. The van der Waals surface area contributed by atoms with E-state index in [4.69, 9.17) is 11.6 Å². The lowest BCUT2D eigenvalue weighted by molar-refractivity contribution is 0.0702. The van der Waals surface area contributed by atoms with Crippen LogP contribution in [0.5, 0.6) is 0 Å². The number of halogens is 1. The number of hydrogen-bond acceptors (Lipinski definition) is 5. The standard InChI is InChI=1S/C19H15ClN2O3S2/c1-26-22-14-8-12(20)7-13(9-14)21-18(23)16-10-15(17(27-16)19(24)25)11-5-3-2-4-6-11/h2-10,22H,1H3,(H,21,23)(H,24,25). The van der Waals surface area contributed by atoms with E-state index < -0.39 is 5.97 Å². The Hall–Kier alpha value is -2.48. The summed E-state index contributed by atoms with van der Waals surface area (Å²) in [5.74, 6) is -1.45. The van der Waals surface area contributed by atoms with Crippen LogP contribution < -0.4 is 10.0 Å². The van der Waals surface area contributed by atoms with Gasteiger partial charge in [0, 0.05) is 28.2 Å². The van der Waals surface area contributed by atoms with E-state index in [9.17, 15) is 14.7 Å².